The summed E-state index contributed by atoms with van der Waals surface area (Å²) in [4.78, 5) is 0.0686. The summed E-state index contributed by atoms with van der Waals surface area (Å²) in [6.45, 7) is 1.97. The Morgan fingerprint density at radius 3 is 2.22 bits per heavy atom. The fourth-order valence-electron chi connectivity index (χ4n) is 1.51. The SMILES string of the molecule is Cc1cccc(Oc2ccc(S(N)(=O)=O)cc2)c1. The summed E-state index contributed by atoms with van der Waals surface area (Å²) in [6.07, 6.45) is 0. The van der Waals surface area contributed by atoms with Crippen LogP contribution >= 0.6 is 0 Å². The summed E-state index contributed by atoms with van der Waals surface area (Å²) in [5.41, 5.74) is 1.09. The van der Waals surface area contributed by atoms with E-state index < -0.39 is 10.0 Å². The molecule has 0 atom stereocenters. The van der Waals surface area contributed by atoms with Crippen LogP contribution in [-0.4, -0.2) is 8.42 Å². The van der Waals surface area contributed by atoms with E-state index in [4.69, 9.17) is 9.88 Å². The van der Waals surface area contributed by atoms with Gasteiger partial charge in [-0.15, -0.1) is 0 Å². The van der Waals surface area contributed by atoms with E-state index in [1.54, 1.807) is 12.1 Å². The Morgan fingerprint density at radius 1 is 1.00 bits per heavy atom. The second-order valence-corrected chi connectivity index (χ2v) is 5.50. The Morgan fingerprint density at radius 2 is 1.67 bits per heavy atom. The molecular formula is C13H13NO3S. The van der Waals surface area contributed by atoms with Gasteiger partial charge in [0, 0.05) is 0 Å². The maximum absolute atomic E-state index is 11.1. The molecule has 0 unspecified atom stereocenters. The first kappa shape index (κ1) is 12.6. The molecule has 0 aliphatic rings. The lowest BCUT2D eigenvalue weighted by molar-refractivity contribution is 0.482. The molecule has 2 aromatic carbocycles. The molecule has 0 fully saturated rings. The van der Waals surface area contributed by atoms with Gasteiger partial charge in [-0.2, -0.15) is 0 Å². The lowest BCUT2D eigenvalue weighted by atomic mass is 10.2. The van der Waals surface area contributed by atoms with Crippen molar-refractivity contribution in [3.63, 3.8) is 0 Å². The molecule has 0 aliphatic carbocycles. The number of nitrogens with two attached hydrogens (primary N) is 1. The Hall–Kier alpha value is -1.85. The predicted molar refractivity (Wildman–Crippen MR) is 69.1 cm³/mol. The molecule has 0 bridgehead atoms. The molecule has 0 radical (unpaired) electrons. The third-order valence-electron chi connectivity index (χ3n) is 2.38. The van der Waals surface area contributed by atoms with Gasteiger partial charge >= 0.3 is 0 Å². The maximum atomic E-state index is 11.1. The van der Waals surface area contributed by atoms with Crippen molar-refractivity contribution in [3.05, 3.63) is 54.1 Å². The number of aryl methyl sites for hydroxylation is 1. The third kappa shape index (κ3) is 3.09. The van der Waals surface area contributed by atoms with E-state index in [0.29, 0.717) is 11.5 Å². The molecule has 0 amide bonds. The largest absolute Gasteiger partial charge is 0.457 e. The van der Waals surface area contributed by atoms with Crippen molar-refractivity contribution in [3.8, 4) is 11.5 Å². The zero-order valence-electron chi connectivity index (χ0n) is 9.83. The summed E-state index contributed by atoms with van der Waals surface area (Å²) in [5, 5.41) is 5.01. The van der Waals surface area contributed by atoms with Crippen LogP contribution in [0.15, 0.2) is 53.4 Å². The molecule has 0 saturated heterocycles. The van der Waals surface area contributed by atoms with Crippen LogP contribution < -0.4 is 9.88 Å². The average molecular weight is 263 g/mol. The van der Waals surface area contributed by atoms with Crippen LogP contribution in [-0.2, 0) is 10.0 Å². The number of sulfonamides is 1. The van der Waals surface area contributed by atoms with Crippen molar-refractivity contribution in [2.45, 2.75) is 11.8 Å². The summed E-state index contributed by atoms with van der Waals surface area (Å²) < 4.78 is 27.8. The first-order chi connectivity index (χ1) is 8.45. The summed E-state index contributed by atoms with van der Waals surface area (Å²) >= 11 is 0. The highest BCUT2D eigenvalue weighted by Gasteiger charge is 2.07. The Balaban J connectivity index is 2.21. The standard InChI is InChI=1S/C13H13NO3S/c1-10-3-2-4-12(9-10)17-11-5-7-13(8-6-11)18(14,15)16/h2-9H,1H3,(H2,14,15,16). The third-order valence-corrected chi connectivity index (χ3v) is 3.31. The Labute approximate surface area is 106 Å². The smallest absolute Gasteiger partial charge is 0.238 e. The lowest BCUT2D eigenvalue weighted by Crippen LogP contribution is -2.11. The zero-order valence-corrected chi connectivity index (χ0v) is 10.6. The Bertz CT molecular complexity index is 648. The van der Waals surface area contributed by atoms with E-state index in [1.165, 1.54) is 12.1 Å². The monoisotopic (exact) mass is 263 g/mol. The lowest BCUT2D eigenvalue weighted by Gasteiger charge is -2.06. The van der Waals surface area contributed by atoms with Crippen molar-refractivity contribution in [1.29, 1.82) is 0 Å². The predicted octanol–water partition coefficient (Wildman–Crippen LogP) is 2.43. The first-order valence-electron chi connectivity index (χ1n) is 5.32. The normalized spacial score (nSPS) is 11.2. The van der Waals surface area contributed by atoms with Gasteiger partial charge in [0.25, 0.3) is 0 Å². The van der Waals surface area contributed by atoms with Gasteiger partial charge in [-0.25, -0.2) is 13.6 Å². The number of hydrogen-bond acceptors (Lipinski definition) is 3. The molecule has 0 saturated carbocycles. The van der Waals surface area contributed by atoms with Gasteiger partial charge < -0.3 is 4.74 Å². The number of primary sulfonamides is 1. The molecule has 18 heavy (non-hydrogen) atoms. The molecule has 94 valence electrons. The van der Waals surface area contributed by atoms with Crippen molar-refractivity contribution in [2.24, 2.45) is 5.14 Å². The zero-order chi connectivity index (χ0) is 13.2. The van der Waals surface area contributed by atoms with Crippen LogP contribution in [0.4, 0.5) is 0 Å². The Kier molecular flexibility index (Phi) is 3.36. The van der Waals surface area contributed by atoms with Crippen molar-refractivity contribution >= 4 is 10.0 Å². The topological polar surface area (TPSA) is 69.4 Å². The van der Waals surface area contributed by atoms with E-state index in [9.17, 15) is 8.42 Å². The number of ether oxygens (including phenoxy) is 1. The van der Waals surface area contributed by atoms with E-state index in [1.807, 2.05) is 31.2 Å². The first-order valence-corrected chi connectivity index (χ1v) is 6.87. The van der Waals surface area contributed by atoms with Gasteiger partial charge in [-0.05, 0) is 48.9 Å². The van der Waals surface area contributed by atoms with Crippen LogP contribution in [0.25, 0.3) is 0 Å². The summed E-state index contributed by atoms with van der Waals surface area (Å²) in [5.74, 6) is 1.27. The van der Waals surface area contributed by atoms with E-state index in [0.717, 1.165) is 5.56 Å². The minimum atomic E-state index is -3.65. The number of rotatable bonds is 3. The highest BCUT2D eigenvalue weighted by Crippen LogP contribution is 2.23. The second-order valence-electron chi connectivity index (χ2n) is 3.93. The van der Waals surface area contributed by atoms with Crippen LogP contribution in [0.3, 0.4) is 0 Å². The number of hydrogen-bond donors (Lipinski definition) is 1. The molecule has 2 aromatic rings. The van der Waals surface area contributed by atoms with Gasteiger partial charge in [0.2, 0.25) is 10.0 Å². The van der Waals surface area contributed by atoms with E-state index in [2.05, 4.69) is 0 Å². The highest BCUT2D eigenvalue weighted by atomic mass is 32.2. The average Bonchev–Trinajstić information content (AvgIpc) is 2.28. The fraction of sp³-hybridized carbons (Fsp3) is 0.0769. The van der Waals surface area contributed by atoms with Crippen LogP contribution in [0.5, 0.6) is 11.5 Å². The second kappa shape index (κ2) is 4.80. The molecule has 0 aromatic heterocycles. The van der Waals surface area contributed by atoms with Crippen molar-refractivity contribution in [2.75, 3.05) is 0 Å². The van der Waals surface area contributed by atoms with Crippen molar-refractivity contribution in [1.82, 2.24) is 0 Å². The minimum absolute atomic E-state index is 0.0686. The quantitative estimate of drug-likeness (QED) is 0.924. The van der Waals surface area contributed by atoms with E-state index in [-0.39, 0.29) is 4.90 Å². The van der Waals surface area contributed by atoms with Crippen LogP contribution in [0, 0.1) is 6.92 Å². The van der Waals surface area contributed by atoms with Gasteiger partial charge in [-0.1, -0.05) is 12.1 Å². The molecule has 0 heterocycles. The maximum Gasteiger partial charge on any atom is 0.238 e. The molecule has 2 rings (SSSR count). The summed E-state index contributed by atoms with van der Waals surface area (Å²) in [7, 11) is -3.65. The fourth-order valence-corrected chi connectivity index (χ4v) is 2.03. The molecule has 0 spiro atoms. The molecule has 5 heteroatoms. The molecule has 0 aliphatic heterocycles. The van der Waals surface area contributed by atoms with Gasteiger partial charge in [0.05, 0.1) is 4.90 Å². The van der Waals surface area contributed by atoms with Crippen LogP contribution in [0.2, 0.25) is 0 Å². The molecule has 2 N–H and O–H groups in total. The van der Waals surface area contributed by atoms with Gasteiger partial charge in [-0.3, -0.25) is 0 Å². The number of benzene rings is 2. The highest BCUT2D eigenvalue weighted by molar-refractivity contribution is 7.89. The molecular weight excluding hydrogens is 250 g/mol. The minimum Gasteiger partial charge on any atom is -0.457 e. The van der Waals surface area contributed by atoms with Gasteiger partial charge in [0.15, 0.2) is 0 Å². The van der Waals surface area contributed by atoms with Gasteiger partial charge in [0.1, 0.15) is 11.5 Å². The summed E-state index contributed by atoms with van der Waals surface area (Å²) in [6, 6.07) is 13.6. The van der Waals surface area contributed by atoms with E-state index >= 15 is 0 Å². The van der Waals surface area contributed by atoms with Crippen molar-refractivity contribution < 1.29 is 13.2 Å². The molecule has 4 nitrogen and oxygen atoms in total. The van der Waals surface area contributed by atoms with Crippen LogP contribution in [0.1, 0.15) is 5.56 Å².